The lowest BCUT2D eigenvalue weighted by Gasteiger charge is -2.12. The maximum atomic E-state index is 6.11. The lowest BCUT2D eigenvalue weighted by atomic mass is 10.1. The molecule has 0 radical (unpaired) electrons. The van der Waals surface area contributed by atoms with Gasteiger partial charge in [0, 0.05) is 35.3 Å². The molecule has 0 fully saturated rings. The molecule has 1 aromatic rings. The van der Waals surface area contributed by atoms with E-state index in [1.807, 2.05) is 23.9 Å². The summed E-state index contributed by atoms with van der Waals surface area (Å²) in [5.41, 5.74) is 2.42. The highest BCUT2D eigenvalue weighted by Crippen LogP contribution is 2.32. The van der Waals surface area contributed by atoms with Crippen LogP contribution in [-0.2, 0) is 13.0 Å². The second-order valence-corrected chi connectivity index (χ2v) is 6.04. The van der Waals surface area contributed by atoms with E-state index in [1.165, 1.54) is 11.1 Å². The van der Waals surface area contributed by atoms with Crippen molar-refractivity contribution >= 4 is 23.4 Å². The molecule has 17 heavy (non-hydrogen) atoms. The number of fused-ring (bicyclic) bond motifs is 1. The summed E-state index contributed by atoms with van der Waals surface area (Å²) in [5, 5.41) is 4.89. The van der Waals surface area contributed by atoms with Crippen molar-refractivity contribution in [3.05, 3.63) is 28.3 Å². The Morgan fingerprint density at radius 3 is 3.12 bits per heavy atom. The fourth-order valence-corrected chi connectivity index (χ4v) is 2.52. The standard InChI is InChI=1S/C13H18ClNOS/c1-9(17-2)7-15-8-11-6-12(14)5-10-3-4-16-13(10)11/h5-6,9,15H,3-4,7-8H2,1-2H3. The van der Waals surface area contributed by atoms with Gasteiger partial charge in [0.2, 0.25) is 0 Å². The molecule has 1 aliphatic rings. The molecule has 0 bridgehead atoms. The summed E-state index contributed by atoms with van der Waals surface area (Å²) in [6.07, 6.45) is 3.11. The van der Waals surface area contributed by atoms with Crippen molar-refractivity contribution in [3.63, 3.8) is 0 Å². The third-order valence-corrected chi connectivity index (χ3v) is 4.16. The zero-order chi connectivity index (χ0) is 12.3. The van der Waals surface area contributed by atoms with Crippen LogP contribution in [-0.4, -0.2) is 24.7 Å². The molecule has 0 amide bonds. The zero-order valence-corrected chi connectivity index (χ0v) is 11.8. The van der Waals surface area contributed by atoms with Crippen LogP contribution in [0.5, 0.6) is 5.75 Å². The molecule has 94 valence electrons. The largest absolute Gasteiger partial charge is 0.493 e. The molecule has 0 saturated carbocycles. The van der Waals surface area contributed by atoms with Crippen LogP contribution in [0.2, 0.25) is 5.02 Å². The number of benzene rings is 1. The van der Waals surface area contributed by atoms with Crippen molar-refractivity contribution in [1.29, 1.82) is 0 Å². The van der Waals surface area contributed by atoms with Gasteiger partial charge in [-0.3, -0.25) is 0 Å². The second-order valence-electron chi connectivity index (χ2n) is 4.33. The Balaban J connectivity index is 2.01. The average Bonchev–Trinajstić information content (AvgIpc) is 2.76. The van der Waals surface area contributed by atoms with E-state index in [2.05, 4.69) is 18.5 Å². The lowest BCUT2D eigenvalue weighted by Crippen LogP contribution is -2.22. The smallest absolute Gasteiger partial charge is 0.127 e. The summed E-state index contributed by atoms with van der Waals surface area (Å²) >= 11 is 7.98. The molecule has 1 atom stereocenters. The van der Waals surface area contributed by atoms with Crippen molar-refractivity contribution < 1.29 is 4.74 Å². The Bertz CT molecular complexity index is 397. The van der Waals surface area contributed by atoms with Crippen LogP contribution < -0.4 is 10.1 Å². The molecule has 1 unspecified atom stereocenters. The molecule has 0 aromatic heterocycles. The van der Waals surface area contributed by atoms with Crippen LogP contribution in [0.1, 0.15) is 18.1 Å². The fraction of sp³-hybridized carbons (Fsp3) is 0.538. The van der Waals surface area contributed by atoms with E-state index >= 15 is 0 Å². The van der Waals surface area contributed by atoms with Crippen molar-refractivity contribution in [1.82, 2.24) is 5.32 Å². The van der Waals surface area contributed by atoms with E-state index in [1.54, 1.807) is 0 Å². The van der Waals surface area contributed by atoms with Gasteiger partial charge in [-0.05, 0) is 24.0 Å². The minimum atomic E-state index is 0.628. The Kier molecular flexibility index (Phi) is 4.60. The Morgan fingerprint density at radius 2 is 2.35 bits per heavy atom. The summed E-state index contributed by atoms with van der Waals surface area (Å²) in [4.78, 5) is 0. The molecule has 1 heterocycles. The molecule has 2 rings (SSSR count). The zero-order valence-electron chi connectivity index (χ0n) is 10.3. The molecule has 0 aliphatic carbocycles. The molecule has 2 nitrogen and oxygen atoms in total. The minimum absolute atomic E-state index is 0.628. The number of thioether (sulfide) groups is 1. The Labute approximate surface area is 112 Å². The number of hydrogen-bond acceptors (Lipinski definition) is 3. The summed E-state index contributed by atoms with van der Waals surface area (Å²) in [6, 6.07) is 4.01. The third-order valence-electron chi connectivity index (χ3n) is 2.97. The normalized spacial score (nSPS) is 15.5. The predicted molar refractivity (Wildman–Crippen MR) is 75.3 cm³/mol. The van der Waals surface area contributed by atoms with Gasteiger partial charge in [0.25, 0.3) is 0 Å². The molecule has 1 N–H and O–H groups in total. The van der Waals surface area contributed by atoms with Crippen LogP contribution in [0, 0.1) is 0 Å². The number of hydrogen-bond donors (Lipinski definition) is 1. The second kappa shape index (κ2) is 5.98. The lowest BCUT2D eigenvalue weighted by molar-refractivity contribution is 0.352. The van der Waals surface area contributed by atoms with Crippen LogP contribution in [0.3, 0.4) is 0 Å². The van der Waals surface area contributed by atoms with E-state index in [-0.39, 0.29) is 0 Å². The van der Waals surface area contributed by atoms with Gasteiger partial charge in [0.05, 0.1) is 6.61 Å². The average molecular weight is 272 g/mol. The third kappa shape index (κ3) is 3.30. The van der Waals surface area contributed by atoms with Gasteiger partial charge in [-0.1, -0.05) is 18.5 Å². The van der Waals surface area contributed by atoms with Crippen LogP contribution in [0.15, 0.2) is 12.1 Å². The van der Waals surface area contributed by atoms with E-state index in [0.29, 0.717) is 5.25 Å². The first kappa shape index (κ1) is 13.1. The minimum Gasteiger partial charge on any atom is -0.493 e. The predicted octanol–water partition coefficient (Wildman–Crippen LogP) is 3.12. The highest BCUT2D eigenvalue weighted by Gasteiger charge is 2.17. The number of nitrogens with one attached hydrogen (secondary N) is 1. The molecule has 4 heteroatoms. The Hall–Kier alpha value is -0.380. The quantitative estimate of drug-likeness (QED) is 0.889. The van der Waals surface area contributed by atoms with E-state index in [9.17, 15) is 0 Å². The highest BCUT2D eigenvalue weighted by atomic mass is 35.5. The number of rotatable bonds is 5. The van der Waals surface area contributed by atoms with Gasteiger partial charge in [-0.15, -0.1) is 0 Å². The van der Waals surface area contributed by atoms with Gasteiger partial charge in [-0.25, -0.2) is 0 Å². The van der Waals surface area contributed by atoms with Gasteiger partial charge in [0.1, 0.15) is 5.75 Å². The Morgan fingerprint density at radius 1 is 1.53 bits per heavy atom. The molecule has 0 spiro atoms. The van der Waals surface area contributed by atoms with Crippen LogP contribution >= 0.6 is 23.4 Å². The fourth-order valence-electron chi connectivity index (χ4n) is 1.97. The molecule has 1 aromatic carbocycles. The van der Waals surface area contributed by atoms with Crippen LogP contribution in [0.25, 0.3) is 0 Å². The summed E-state index contributed by atoms with van der Waals surface area (Å²) < 4.78 is 5.66. The molecule has 0 saturated heterocycles. The van der Waals surface area contributed by atoms with Crippen molar-refractivity contribution in [2.24, 2.45) is 0 Å². The van der Waals surface area contributed by atoms with E-state index in [0.717, 1.165) is 36.9 Å². The van der Waals surface area contributed by atoms with Crippen molar-refractivity contribution in [2.45, 2.75) is 25.1 Å². The first-order chi connectivity index (χ1) is 8.20. The monoisotopic (exact) mass is 271 g/mol. The van der Waals surface area contributed by atoms with Gasteiger partial charge >= 0.3 is 0 Å². The van der Waals surface area contributed by atoms with Crippen molar-refractivity contribution in [3.8, 4) is 5.75 Å². The number of ether oxygens (including phenoxy) is 1. The van der Waals surface area contributed by atoms with E-state index in [4.69, 9.17) is 16.3 Å². The maximum Gasteiger partial charge on any atom is 0.127 e. The summed E-state index contributed by atoms with van der Waals surface area (Å²) in [6.45, 7) is 4.83. The van der Waals surface area contributed by atoms with E-state index < -0.39 is 0 Å². The van der Waals surface area contributed by atoms with Gasteiger partial charge in [-0.2, -0.15) is 11.8 Å². The van der Waals surface area contributed by atoms with Crippen molar-refractivity contribution in [2.75, 3.05) is 19.4 Å². The van der Waals surface area contributed by atoms with Gasteiger partial charge in [0.15, 0.2) is 0 Å². The summed E-state index contributed by atoms with van der Waals surface area (Å²) in [5.74, 6) is 1.04. The first-order valence-corrected chi connectivity index (χ1v) is 7.55. The first-order valence-electron chi connectivity index (χ1n) is 5.88. The molecular formula is C13H18ClNOS. The van der Waals surface area contributed by atoms with Crippen LogP contribution in [0.4, 0.5) is 0 Å². The molecule has 1 aliphatic heterocycles. The molecular weight excluding hydrogens is 254 g/mol. The maximum absolute atomic E-state index is 6.11. The SMILES string of the molecule is CSC(C)CNCc1cc(Cl)cc2c1OCC2. The number of halogens is 1. The topological polar surface area (TPSA) is 21.3 Å². The summed E-state index contributed by atoms with van der Waals surface area (Å²) in [7, 11) is 0. The highest BCUT2D eigenvalue weighted by molar-refractivity contribution is 7.99. The van der Waals surface area contributed by atoms with Gasteiger partial charge < -0.3 is 10.1 Å².